The van der Waals surface area contributed by atoms with Gasteiger partial charge in [-0.05, 0) is 24.8 Å². The van der Waals surface area contributed by atoms with Gasteiger partial charge in [0.1, 0.15) is 0 Å². The van der Waals surface area contributed by atoms with E-state index in [2.05, 4.69) is 40.3 Å². The third-order valence-corrected chi connectivity index (χ3v) is 3.62. The van der Waals surface area contributed by atoms with E-state index in [1.54, 1.807) is 0 Å². The lowest BCUT2D eigenvalue weighted by atomic mass is 9.96. The highest BCUT2D eigenvalue weighted by molar-refractivity contribution is 5.16. The highest BCUT2D eigenvalue weighted by atomic mass is 15.7. The standard InChI is InChI=1S/C13H18N2/c1-2-5-12(6-3-1)11-13-7-10-15(13)14-8-4-9-14/h1-3,5-6,13H,4,7-11H2. The second-order valence-electron chi connectivity index (χ2n) is 4.60. The first-order chi connectivity index (χ1) is 7.43. The van der Waals surface area contributed by atoms with Gasteiger partial charge in [-0.2, -0.15) is 0 Å². The Hall–Kier alpha value is -0.860. The predicted molar refractivity (Wildman–Crippen MR) is 61.4 cm³/mol. The molecule has 0 aromatic heterocycles. The van der Waals surface area contributed by atoms with Crippen molar-refractivity contribution in [3.63, 3.8) is 0 Å². The van der Waals surface area contributed by atoms with Crippen LogP contribution in [-0.4, -0.2) is 35.7 Å². The van der Waals surface area contributed by atoms with Crippen LogP contribution in [0.1, 0.15) is 18.4 Å². The maximum absolute atomic E-state index is 2.57. The third kappa shape index (κ3) is 1.80. The second-order valence-corrected chi connectivity index (χ2v) is 4.60. The van der Waals surface area contributed by atoms with E-state index in [0.717, 1.165) is 6.04 Å². The van der Waals surface area contributed by atoms with Crippen molar-refractivity contribution in [1.29, 1.82) is 0 Å². The zero-order valence-corrected chi connectivity index (χ0v) is 9.10. The first-order valence-electron chi connectivity index (χ1n) is 5.99. The number of hydrogen-bond donors (Lipinski definition) is 0. The van der Waals surface area contributed by atoms with Gasteiger partial charge < -0.3 is 0 Å². The molecular formula is C13H18N2. The normalized spacial score (nSPS) is 27.1. The summed E-state index contributed by atoms with van der Waals surface area (Å²) in [5, 5.41) is 5.08. The molecule has 2 heterocycles. The van der Waals surface area contributed by atoms with Crippen molar-refractivity contribution in [3.05, 3.63) is 35.9 Å². The summed E-state index contributed by atoms with van der Waals surface area (Å²) in [6.45, 7) is 3.84. The van der Waals surface area contributed by atoms with Crippen molar-refractivity contribution in [2.24, 2.45) is 0 Å². The van der Waals surface area contributed by atoms with E-state index in [1.165, 1.54) is 44.5 Å². The Bertz CT molecular complexity index is 319. The van der Waals surface area contributed by atoms with E-state index in [9.17, 15) is 0 Å². The summed E-state index contributed by atoms with van der Waals surface area (Å²) in [7, 11) is 0. The molecule has 2 saturated heterocycles. The third-order valence-electron chi connectivity index (χ3n) is 3.62. The average molecular weight is 202 g/mol. The molecule has 0 aliphatic carbocycles. The molecule has 2 fully saturated rings. The van der Waals surface area contributed by atoms with Crippen LogP contribution >= 0.6 is 0 Å². The van der Waals surface area contributed by atoms with Crippen LogP contribution in [0.4, 0.5) is 0 Å². The van der Waals surface area contributed by atoms with Crippen molar-refractivity contribution in [1.82, 2.24) is 10.0 Å². The Morgan fingerprint density at radius 3 is 2.40 bits per heavy atom. The summed E-state index contributed by atoms with van der Waals surface area (Å²) in [6, 6.07) is 11.6. The molecule has 2 aliphatic rings. The fourth-order valence-electron chi connectivity index (χ4n) is 2.45. The van der Waals surface area contributed by atoms with Gasteiger partial charge in [0.25, 0.3) is 0 Å². The monoisotopic (exact) mass is 202 g/mol. The average Bonchev–Trinajstić information content (AvgIpc) is 2.20. The van der Waals surface area contributed by atoms with Gasteiger partial charge in [0.2, 0.25) is 0 Å². The molecule has 1 atom stereocenters. The predicted octanol–water partition coefficient (Wildman–Crippen LogP) is 1.92. The Balaban J connectivity index is 1.59. The van der Waals surface area contributed by atoms with Gasteiger partial charge in [-0.25, -0.2) is 10.0 Å². The summed E-state index contributed by atoms with van der Waals surface area (Å²) in [5.41, 5.74) is 1.48. The highest BCUT2D eigenvalue weighted by Gasteiger charge is 2.34. The van der Waals surface area contributed by atoms with Crippen LogP contribution in [0.5, 0.6) is 0 Å². The van der Waals surface area contributed by atoms with Crippen LogP contribution in [-0.2, 0) is 6.42 Å². The molecule has 0 bridgehead atoms. The summed E-state index contributed by atoms with van der Waals surface area (Å²) in [5.74, 6) is 0. The van der Waals surface area contributed by atoms with Crippen molar-refractivity contribution in [2.45, 2.75) is 25.3 Å². The van der Waals surface area contributed by atoms with Crippen molar-refractivity contribution in [2.75, 3.05) is 19.6 Å². The SMILES string of the molecule is c1ccc(CC2CCN2N2CCC2)cc1. The second kappa shape index (κ2) is 3.95. The molecule has 1 aromatic carbocycles. The zero-order chi connectivity index (χ0) is 10.1. The van der Waals surface area contributed by atoms with Crippen LogP contribution in [0.2, 0.25) is 0 Å². The Kier molecular flexibility index (Phi) is 2.47. The van der Waals surface area contributed by atoms with Crippen molar-refractivity contribution < 1.29 is 0 Å². The smallest absolute Gasteiger partial charge is 0.0299 e. The van der Waals surface area contributed by atoms with Gasteiger partial charge in [-0.3, -0.25) is 0 Å². The van der Waals surface area contributed by atoms with E-state index in [1.807, 2.05) is 0 Å². The van der Waals surface area contributed by atoms with Gasteiger partial charge in [0.15, 0.2) is 0 Å². The Morgan fingerprint density at radius 1 is 1.07 bits per heavy atom. The highest BCUT2D eigenvalue weighted by Crippen LogP contribution is 2.26. The molecule has 2 heteroatoms. The van der Waals surface area contributed by atoms with Crippen LogP contribution in [0.3, 0.4) is 0 Å². The quantitative estimate of drug-likeness (QED) is 0.739. The summed E-state index contributed by atoms with van der Waals surface area (Å²) in [4.78, 5) is 0. The van der Waals surface area contributed by atoms with Gasteiger partial charge in [0, 0.05) is 25.7 Å². The number of hydrogen-bond acceptors (Lipinski definition) is 2. The first kappa shape index (κ1) is 9.37. The maximum atomic E-state index is 2.57. The Morgan fingerprint density at radius 2 is 1.87 bits per heavy atom. The molecular weight excluding hydrogens is 184 g/mol. The topological polar surface area (TPSA) is 6.48 Å². The van der Waals surface area contributed by atoms with Crippen LogP contribution in [0.15, 0.2) is 30.3 Å². The lowest BCUT2D eigenvalue weighted by Crippen LogP contribution is -2.62. The van der Waals surface area contributed by atoms with Gasteiger partial charge in [0.05, 0.1) is 0 Å². The van der Waals surface area contributed by atoms with Gasteiger partial charge in [-0.1, -0.05) is 30.3 Å². The zero-order valence-electron chi connectivity index (χ0n) is 9.10. The van der Waals surface area contributed by atoms with Crippen LogP contribution < -0.4 is 0 Å². The van der Waals surface area contributed by atoms with E-state index in [4.69, 9.17) is 0 Å². The minimum atomic E-state index is 0.771. The summed E-state index contributed by atoms with van der Waals surface area (Å²) < 4.78 is 0. The van der Waals surface area contributed by atoms with E-state index in [0.29, 0.717) is 0 Å². The molecule has 0 radical (unpaired) electrons. The minimum absolute atomic E-state index is 0.771. The molecule has 80 valence electrons. The first-order valence-corrected chi connectivity index (χ1v) is 5.99. The van der Waals surface area contributed by atoms with E-state index in [-0.39, 0.29) is 0 Å². The van der Waals surface area contributed by atoms with Gasteiger partial charge >= 0.3 is 0 Å². The number of hydrazine groups is 1. The van der Waals surface area contributed by atoms with Gasteiger partial charge in [-0.15, -0.1) is 0 Å². The number of nitrogens with zero attached hydrogens (tertiary/aromatic N) is 2. The lowest BCUT2D eigenvalue weighted by molar-refractivity contribution is -0.151. The number of benzene rings is 1. The lowest BCUT2D eigenvalue weighted by Gasteiger charge is -2.51. The fourth-order valence-corrected chi connectivity index (χ4v) is 2.45. The summed E-state index contributed by atoms with van der Waals surface area (Å²) in [6.07, 6.45) is 3.97. The van der Waals surface area contributed by atoms with Crippen molar-refractivity contribution in [3.8, 4) is 0 Å². The molecule has 0 amide bonds. The molecule has 0 saturated carbocycles. The fraction of sp³-hybridized carbons (Fsp3) is 0.538. The maximum Gasteiger partial charge on any atom is 0.0299 e. The molecule has 1 unspecified atom stereocenters. The summed E-state index contributed by atoms with van der Waals surface area (Å²) >= 11 is 0. The van der Waals surface area contributed by atoms with Crippen molar-refractivity contribution >= 4 is 0 Å². The number of rotatable bonds is 3. The van der Waals surface area contributed by atoms with Crippen LogP contribution in [0, 0.1) is 0 Å². The molecule has 2 aliphatic heterocycles. The van der Waals surface area contributed by atoms with E-state index < -0.39 is 0 Å². The molecule has 1 aromatic rings. The minimum Gasteiger partial charge on any atom is -0.241 e. The molecule has 0 spiro atoms. The largest absolute Gasteiger partial charge is 0.241 e. The molecule has 15 heavy (non-hydrogen) atoms. The molecule has 3 rings (SSSR count). The Labute approximate surface area is 91.5 Å². The molecule has 0 N–H and O–H groups in total. The molecule has 2 nitrogen and oxygen atoms in total. The van der Waals surface area contributed by atoms with Crippen LogP contribution in [0.25, 0.3) is 0 Å². The van der Waals surface area contributed by atoms with E-state index >= 15 is 0 Å².